The van der Waals surface area contributed by atoms with E-state index in [-0.39, 0.29) is 5.97 Å². The maximum atomic E-state index is 11.9. The van der Waals surface area contributed by atoms with Gasteiger partial charge in [0.05, 0.1) is 6.61 Å². The lowest BCUT2D eigenvalue weighted by atomic mass is 10.0. The second kappa shape index (κ2) is 31.5. The molecule has 0 unspecified atom stereocenters. The summed E-state index contributed by atoms with van der Waals surface area (Å²) in [5, 5.41) is 0. The number of carbonyl (C=O) groups excluding carboxylic acids is 1. The monoisotopic (exact) mass is 493 g/mol. The number of ether oxygens (including phenoxy) is 1. The second-order valence-corrected chi connectivity index (χ2v) is 11.0. The molecule has 0 amide bonds. The van der Waals surface area contributed by atoms with Gasteiger partial charge in [-0.3, -0.25) is 4.79 Å². The highest BCUT2D eigenvalue weighted by Crippen LogP contribution is 2.14. The largest absolute Gasteiger partial charge is 0.466 e. The maximum absolute atomic E-state index is 11.9. The number of esters is 1. The minimum atomic E-state index is 0.0124. The molecule has 0 aliphatic carbocycles. The van der Waals surface area contributed by atoms with Gasteiger partial charge in [-0.05, 0) is 25.7 Å². The minimum Gasteiger partial charge on any atom is -0.466 e. The number of hydrogen-bond acceptors (Lipinski definition) is 2. The summed E-state index contributed by atoms with van der Waals surface area (Å²) in [5.74, 6) is 0.0124. The predicted octanol–water partition coefficient (Wildman–Crippen LogP) is 11.7. The topological polar surface area (TPSA) is 26.3 Å². The molecular weight excluding hydrogens is 428 g/mol. The molecule has 1 radical (unpaired) electrons. The van der Waals surface area contributed by atoms with E-state index in [1.165, 1.54) is 154 Å². The predicted molar refractivity (Wildman–Crippen MR) is 156 cm³/mol. The van der Waals surface area contributed by atoms with Crippen LogP contribution in [0.15, 0.2) is 0 Å². The fourth-order valence-electron chi connectivity index (χ4n) is 4.87. The van der Waals surface area contributed by atoms with Gasteiger partial charge in [-0.2, -0.15) is 0 Å². The summed E-state index contributed by atoms with van der Waals surface area (Å²) in [4.78, 5) is 11.9. The quantitative estimate of drug-likeness (QED) is 0.0734. The summed E-state index contributed by atoms with van der Waals surface area (Å²) in [6.07, 6.45) is 39.2. The van der Waals surface area contributed by atoms with Gasteiger partial charge in [-0.15, -0.1) is 0 Å². The molecule has 0 N–H and O–H groups in total. The Kier molecular flexibility index (Phi) is 31.0. The van der Waals surface area contributed by atoms with Crippen LogP contribution >= 0.6 is 0 Å². The molecule has 0 aromatic rings. The molecule has 0 aliphatic heterocycles. The number of carbonyl (C=O) groups is 1. The van der Waals surface area contributed by atoms with Gasteiger partial charge in [0, 0.05) is 6.42 Å². The van der Waals surface area contributed by atoms with Crippen molar-refractivity contribution < 1.29 is 9.53 Å². The van der Waals surface area contributed by atoms with Crippen LogP contribution in [0.1, 0.15) is 194 Å². The molecule has 0 saturated heterocycles. The lowest BCUT2D eigenvalue weighted by Crippen LogP contribution is -2.05. The van der Waals surface area contributed by atoms with Gasteiger partial charge in [0.2, 0.25) is 0 Å². The van der Waals surface area contributed by atoms with Crippen molar-refractivity contribution in [3.63, 3.8) is 0 Å². The van der Waals surface area contributed by atoms with Crippen molar-refractivity contribution in [2.45, 2.75) is 194 Å². The lowest BCUT2D eigenvalue weighted by Gasteiger charge is -2.06. The Bertz CT molecular complexity index is 393. The van der Waals surface area contributed by atoms with Crippen LogP contribution in [0.3, 0.4) is 0 Å². The first kappa shape index (κ1) is 34.5. The first-order chi connectivity index (χ1) is 17.3. The molecule has 0 aromatic heterocycles. The third kappa shape index (κ3) is 31.4. The Morgan fingerprint density at radius 2 is 0.800 bits per heavy atom. The SMILES string of the molecule is CCCCCCCCCCCCC[CH]CCCOC(=O)CCCCCCCCCCCCCCC. The van der Waals surface area contributed by atoms with Gasteiger partial charge >= 0.3 is 5.97 Å². The van der Waals surface area contributed by atoms with Gasteiger partial charge in [0.1, 0.15) is 0 Å². The summed E-state index contributed by atoms with van der Waals surface area (Å²) in [5.41, 5.74) is 0. The van der Waals surface area contributed by atoms with E-state index in [2.05, 4.69) is 20.3 Å². The molecule has 0 bridgehead atoms. The summed E-state index contributed by atoms with van der Waals surface area (Å²) >= 11 is 0. The zero-order valence-corrected chi connectivity index (χ0v) is 24.4. The smallest absolute Gasteiger partial charge is 0.305 e. The molecule has 0 aliphatic rings. The molecule has 209 valence electrons. The molecular formula is C33H65O2. The fraction of sp³-hybridized carbons (Fsp3) is 0.939. The van der Waals surface area contributed by atoms with Crippen LogP contribution in [-0.4, -0.2) is 12.6 Å². The Balaban J connectivity index is 3.14. The molecule has 0 fully saturated rings. The van der Waals surface area contributed by atoms with Gasteiger partial charge in [-0.25, -0.2) is 0 Å². The molecule has 35 heavy (non-hydrogen) atoms. The second-order valence-electron chi connectivity index (χ2n) is 11.0. The highest BCUT2D eigenvalue weighted by atomic mass is 16.5. The fourth-order valence-corrected chi connectivity index (χ4v) is 4.87. The van der Waals surface area contributed by atoms with Gasteiger partial charge in [-0.1, -0.05) is 168 Å². The van der Waals surface area contributed by atoms with Crippen LogP contribution in [0.4, 0.5) is 0 Å². The number of hydrogen-bond donors (Lipinski definition) is 0. The number of unbranched alkanes of at least 4 members (excludes halogenated alkanes) is 26. The molecule has 2 heteroatoms. The Labute approximate surface area is 222 Å². The van der Waals surface area contributed by atoms with E-state index in [1.54, 1.807) is 0 Å². The number of rotatable bonds is 30. The van der Waals surface area contributed by atoms with Crippen molar-refractivity contribution in [1.29, 1.82) is 0 Å². The normalized spacial score (nSPS) is 11.3. The van der Waals surface area contributed by atoms with Gasteiger partial charge in [0.25, 0.3) is 0 Å². The van der Waals surface area contributed by atoms with E-state index in [0.29, 0.717) is 13.0 Å². The standard InChI is InChI=1S/C33H65O2/c1-3-5-7-9-11-13-15-17-18-20-22-24-26-28-30-32-35-33(34)31-29-27-25-23-21-19-16-14-12-10-8-6-4-2/h26H,3-25,27-32H2,1-2H3. The van der Waals surface area contributed by atoms with E-state index >= 15 is 0 Å². The Morgan fingerprint density at radius 1 is 0.457 bits per heavy atom. The van der Waals surface area contributed by atoms with Crippen LogP contribution in [-0.2, 0) is 9.53 Å². The van der Waals surface area contributed by atoms with Crippen molar-refractivity contribution in [3.8, 4) is 0 Å². The highest BCUT2D eigenvalue weighted by Gasteiger charge is 2.03. The van der Waals surface area contributed by atoms with Crippen LogP contribution in [0.5, 0.6) is 0 Å². The van der Waals surface area contributed by atoms with Crippen LogP contribution in [0.25, 0.3) is 0 Å². The summed E-state index contributed by atoms with van der Waals surface area (Å²) < 4.78 is 5.40. The molecule has 0 heterocycles. The van der Waals surface area contributed by atoms with Gasteiger partial charge in [0.15, 0.2) is 0 Å². The third-order valence-electron chi connectivity index (χ3n) is 7.31. The Morgan fingerprint density at radius 3 is 1.23 bits per heavy atom. The van der Waals surface area contributed by atoms with E-state index in [0.717, 1.165) is 19.3 Å². The van der Waals surface area contributed by atoms with Crippen molar-refractivity contribution in [2.75, 3.05) is 6.61 Å². The minimum absolute atomic E-state index is 0.0124. The van der Waals surface area contributed by atoms with Crippen LogP contribution in [0.2, 0.25) is 0 Å². The molecule has 0 atom stereocenters. The zero-order valence-electron chi connectivity index (χ0n) is 24.4. The highest BCUT2D eigenvalue weighted by molar-refractivity contribution is 5.69. The van der Waals surface area contributed by atoms with Crippen molar-refractivity contribution in [3.05, 3.63) is 6.42 Å². The van der Waals surface area contributed by atoms with Crippen molar-refractivity contribution in [1.82, 2.24) is 0 Å². The first-order valence-corrected chi connectivity index (χ1v) is 16.3. The van der Waals surface area contributed by atoms with Crippen LogP contribution < -0.4 is 0 Å². The van der Waals surface area contributed by atoms with Crippen LogP contribution in [0, 0.1) is 6.42 Å². The lowest BCUT2D eigenvalue weighted by molar-refractivity contribution is -0.143. The summed E-state index contributed by atoms with van der Waals surface area (Å²) in [7, 11) is 0. The average molecular weight is 494 g/mol. The molecule has 2 nitrogen and oxygen atoms in total. The van der Waals surface area contributed by atoms with Crippen molar-refractivity contribution in [2.24, 2.45) is 0 Å². The molecule has 0 aromatic carbocycles. The maximum Gasteiger partial charge on any atom is 0.305 e. The zero-order chi connectivity index (χ0) is 25.5. The van der Waals surface area contributed by atoms with E-state index in [1.807, 2.05) is 0 Å². The van der Waals surface area contributed by atoms with Gasteiger partial charge < -0.3 is 4.74 Å². The summed E-state index contributed by atoms with van der Waals surface area (Å²) in [6.45, 7) is 5.17. The van der Waals surface area contributed by atoms with Crippen molar-refractivity contribution >= 4 is 5.97 Å². The first-order valence-electron chi connectivity index (χ1n) is 16.3. The molecule has 0 saturated carbocycles. The molecule has 0 spiro atoms. The van der Waals surface area contributed by atoms with E-state index in [4.69, 9.17) is 4.74 Å². The average Bonchev–Trinajstić information content (AvgIpc) is 2.86. The summed E-state index contributed by atoms with van der Waals surface area (Å²) in [6, 6.07) is 0. The van der Waals surface area contributed by atoms with E-state index in [9.17, 15) is 4.79 Å². The Hall–Kier alpha value is -0.530. The third-order valence-corrected chi connectivity index (χ3v) is 7.31. The van der Waals surface area contributed by atoms with E-state index < -0.39 is 0 Å². The molecule has 0 rings (SSSR count).